The summed E-state index contributed by atoms with van der Waals surface area (Å²) in [5.41, 5.74) is 1.46. The molecule has 1 fully saturated rings. The lowest BCUT2D eigenvalue weighted by Gasteiger charge is -2.40. The molecule has 1 heterocycles. The van der Waals surface area contributed by atoms with Gasteiger partial charge in [0.25, 0.3) is 0 Å². The Morgan fingerprint density at radius 2 is 2.31 bits per heavy atom. The van der Waals surface area contributed by atoms with Gasteiger partial charge >= 0.3 is 0 Å². The molecule has 2 heteroatoms. The van der Waals surface area contributed by atoms with Gasteiger partial charge in [-0.25, -0.2) is 0 Å². The number of allylic oxidation sites excluding steroid dienone is 1. The lowest BCUT2D eigenvalue weighted by atomic mass is 9.71. The minimum atomic E-state index is -0.591. The first-order chi connectivity index (χ1) is 6.05. The highest BCUT2D eigenvalue weighted by atomic mass is 16.6. The molecule has 1 aliphatic carbocycles. The summed E-state index contributed by atoms with van der Waals surface area (Å²) in [6, 6.07) is 0. The molecule has 4 atom stereocenters. The molecule has 2 rings (SSSR count). The molecular formula is C11H18O2. The SMILES string of the molecule is CC1=COC(O)C2C(C)CCC12C. The van der Waals surface area contributed by atoms with Gasteiger partial charge in [0.15, 0.2) is 6.29 Å². The molecule has 74 valence electrons. The first-order valence-corrected chi connectivity index (χ1v) is 5.06. The van der Waals surface area contributed by atoms with E-state index in [2.05, 4.69) is 20.8 Å². The zero-order chi connectivity index (χ0) is 9.64. The molecule has 0 aromatic carbocycles. The number of rotatable bonds is 0. The Kier molecular flexibility index (Phi) is 1.91. The molecule has 2 aliphatic rings. The van der Waals surface area contributed by atoms with Gasteiger partial charge in [-0.1, -0.05) is 13.8 Å². The molecule has 0 aromatic rings. The van der Waals surface area contributed by atoms with Gasteiger partial charge in [-0.15, -0.1) is 0 Å². The predicted octanol–water partition coefficient (Wildman–Crippen LogP) is 2.29. The van der Waals surface area contributed by atoms with Crippen molar-refractivity contribution in [3.05, 3.63) is 11.8 Å². The topological polar surface area (TPSA) is 29.5 Å². The number of aliphatic hydroxyl groups is 1. The Balaban J connectivity index is 2.37. The van der Waals surface area contributed by atoms with Crippen molar-refractivity contribution in [3.63, 3.8) is 0 Å². The first-order valence-electron chi connectivity index (χ1n) is 5.06. The number of hydrogen-bond donors (Lipinski definition) is 1. The molecule has 13 heavy (non-hydrogen) atoms. The Bertz CT molecular complexity index is 246. The summed E-state index contributed by atoms with van der Waals surface area (Å²) >= 11 is 0. The minimum Gasteiger partial charge on any atom is -0.472 e. The molecule has 1 N–H and O–H groups in total. The molecule has 0 radical (unpaired) electrons. The van der Waals surface area contributed by atoms with Crippen LogP contribution in [0.5, 0.6) is 0 Å². The number of aliphatic hydroxyl groups excluding tert-OH is 1. The summed E-state index contributed by atoms with van der Waals surface area (Å²) in [4.78, 5) is 0. The summed E-state index contributed by atoms with van der Waals surface area (Å²) in [6.07, 6.45) is 3.53. The smallest absolute Gasteiger partial charge is 0.200 e. The summed E-state index contributed by atoms with van der Waals surface area (Å²) in [6.45, 7) is 6.57. The van der Waals surface area contributed by atoms with Crippen molar-refractivity contribution in [2.24, 2.45) is 17.3 Å². The van der Waals surface area contributed by atoms with Crippen LogP contribution in [-0.2, 0) is 4.74 Å². The average Bonchev–Trinajstić information content (AvgIpc) is 2.38. The second-order valence-corrected chi connectivity index (χ2v) is 4.79. The second-order valence-electron chi connectivity index (χ2n) is 4.79. The lowest BCUT2D eigenvalue weighted by molar-refractivity contribution is -0.138. The Labute approximate surface area is 79.6 Å². The van der Waals surface area contributed by atoms with E-state index in [-0.39, 0.29) is 11.3 Å². The van der Waals surface area contributed by atoms with Crippen molar-refractivity contribution in [1.29, 1.82) is 0 Å². The minimum absolute atomic E-state index is 0.178. The van der Waals surface area contributed by atoms with Gasteiger partial charge in [-0.05, 0) is 31.3 Å². The van der Waals surface area contributed by atoms with E-state index in [4.69, 9.17) is 4.74 Å². The fraction of sp³-hybridized carbons (Fsp3) is 0.818. The van der Waals surface area contributed by atoms with E-state index in [1.807, 2.05) is 0 Å². The van der Waals surface area contributed by atoms with Crippen LogP contribution in [0, 0.1) is 17.3 Å². The maximum atomic E-state index is 9.77. The second kappa shape index (κ2) is 2.74. The molecule has 0 amide bonds. The number of ether oxygens (including phenoxy) is 1. The maximum absolute atomic E-state index is 9.77. The van der Waals surface area contributed by atoms with Crippen LogP contribution in [0.1, 0.15) is 33.6 Å². The zero-order valence-electron chi connectivity index (χ0n) is 8.58. The van der Waals surface area contributed by atoms with Crippen molar-refractivity contribution in [2.75, 3.05) is 0 Å². The number of fused-ring (bicyclic) bond motifs is 1. The Morgan fingerprint density at radius 1 is 1.62 bits per heavy atom. The highest BCUT2D eigenvalue weighted by Crippen LogP contribution is 2.54. The third kappa shape index (κ3) is 1.12. The van der Waals surface area contributed by atoms with Crippen LogP contribution in [0.15, 0.2) is 11.8 Å². The van der Waals surface area contributed by atoms with E-state index < -0.39 is 6.29 Å². The molecule has 0 spiro atoms. The summed E-state index contributed by atoms with van der Waals surface area (Å²) in [5.74, 6) is 0.862. The Hall–Kier alpha value is -0.500. The fourth-order valence-electron chi connectivity index (χ4n) is 2.95. The van der Waals surface area contributed by atoms with Crippen LogP contribution in [-0.4, -0.2) is 11.4 Å². The van der Waals surface area contributed by atoms with Crippen LogP contribution in [0.4, 0.5) is 0 Å². The highest BCUT2D eigenvalue weighted by molar-refractivity contribution is 5.17. The summed E-state index contributed by atoms with van der Waals surface area (Å²) in [5, 5.41) is 9.77. The van der Waals surface area contributed by atoms with Crippen LogP contribution in [0.25, 0.3) is 0 Å². The van der Waals surface area contributed by atoms with E-state index in [0.29, 0.717) is 5.92 Å². The van der Waals surface area contributed by atoms with Gasteiger partial charge in [0.2, 0.25) is 0 Å². The van der Waals surface area contributed by atoms with E-state index >= 15 is 0 Å². The first kappa shape index (κ1) is 9.07. The molecule has 0 saturated heterocycles. The van der Waals surface area contributed by atoms with Crippen LogP contribution in [0.2, 0.25) is 0 Å². The van der Waals surface area contributed by atoms with Crippen molar-refractivity contribution in [2.45, 2.75) is 39.9 Å². The van der Waals surface area contributed by atoms with E-state index in [1.165, 1.54) is 18.4 Å². The molecule has 1 aliphatic heterocycles. The number of hydrogen-bond acceptors (Lipinski definition) is 2. The Morgan fingerprint density at radius 3 is 2.92 bits per heavy atom. The highest BCUT2D eigenvalue weighted by Gasteiger charge is 2.50. The molecule has 2 nitrogen and oxygen atoms in total. The van der Waals surface area contributed by atoms with Gasteiger partial charge in [0.05, 0.1) is 6.26 Å². The lowest BCUT2D eigenvalue weighted by Crippen LogP contribution is -2.39. The summed E-state index contributed by atoms with van der Waals surface area (Å²) < 4.78 is 5.23. The molecule has 0 aromatic heterocycles. The van der Waals surface area contributed by atoms with Gasteiger partial charge in [0, 0.05) is 11.3 Å². The van der Waals surface area contributed by atoms with Crippen molar-refractivity contribution >= 4 is 0 Å². The quantitative estimate of drug-likeness (QED) is 0.623. The largest absolute Gasteiger partial charge is 0.472 e. The van der Waals surface area contributed by atoms with E-state index in [0.717, 1.165) is 0 Å². The van der Waals surface area contributed by atoms with Crippen molar-refractivity contribution in [1.82, 2.24) is 0 Å². The van der Waals surface area contributed by atoms with Crippen LogP contribution >= 0.6 is 0 Å². The van der Waals surface area contributed by atoms with Crippen LogP contribution in [0.3, 0.4) is 0 Å². The summed E-state index contributed by atoms with van der Waals surface area (Å²) in [7, 11) is 0. The van der Waals surface area contributed by atoms with E-state index in [9.17, 15) is 5.11 Å². The fourth-order valence-corrected chi connectivity index (χ4v) is 2.95. The zero-order valence-corrected chi connectivity index (χ0v) is 8.58. The van der Waals surface area contributed by atoms with Gasteiger partial charge in [-0.2, -0.15) is 0 Å². The third-order valence-corrected chi connectivity index (χ3v) is 4.06. The van der Waals surface area contributed by atoms with Crippen molar-refractivity contribution in [3.8, 4) is 0 Å². The van der Waals surface area contributed by atoms with Gasteiger partial charge < -0.3 is 9.84 Å². The molecule has 1 saturated carbocycles. The predicted molar refractivity (Wildman–Crippen MR) is 50.8 cm³/mol. The van der Waals surface area contributed by atoms with Crippen molar-refractivity contribution < 1.29 is 9.84 Å². The third-order valence-electron chi connectivity index (χ3n) is 4.06. The monoisotopic (exact) mass is 182 g/mol. The molecule has 4 unspecified atom stereocenters. The standard InChI is InChI=1S/C11H18O2/c1-7-4-5-11(3)8(2)6-13-10(12)9(7)11/h6-7,9-10,12H,4-5H2,1-3H3. The van der Waals surface area contributed by atoms with Gasteiger partial charge in [-0.3, -0.25) is 0 Å². The molecule has 0 bridgehead atoms. The van der Waals surface area contributed by atoms with Gasteiger partial charge in [0.1, 0.15) is 0 Å². The van der Waals surface area contributed by atoms with E-state index in [1.54, 1.807) is 6.26 Å². The average molecular weight is 182 g/mol. The maximum Gasteiger partial charge on any atom is 0.200 e. The van der Waals surface area contributed by atoms with Crippen LogP contribution < -0.4 is 0 Å². The normalized spacial score (nSPS) is 49.5. The molecular weight excluding hydrogens is 164 g/mol.